The van der Waals surface area contributed by atoms with Crippen molar-refractivity contribution in [3.05, 3.63) is 46.3 Å². The lowest BCUT2D eigenvalue weighted by molar-refractivity contribution is 0.631. The summed E-state index contributed by atoms with van der Waals surface area (Å²) >= 11 is 2.01. The molecule has 2 aromatic rings. The Morgan fingerprint density at radius 1 is 1.07 bits per heavy atom. The van der Waals surface area contributed by atoms with Crippen molar-refractivity contribution >= 4 is 22.6 Å². The molecular formula is C10H6FIN2. The molecule has 1 aromatic carbocycles. The van der Waals surface area contributed by atoms with Crippen molar-refractivity contribution in [2.75, 3.05) is 0 Å². The average molecular weight is 300 g/mol. The van der Waals surface area contributed by atoms with Gasteiger partial charge in [-0.1, -0.05) is 18.2 Å². The molecule has 2 nitrogen and oxygen atoms in total. The van der Waals surface area contributed by atoms with Gasteiger partial charge in [-0.3, -0.25) is 0 Å². The van der Waals surface area contributed by atoms with E-state index in [2.05, 4.69) is 9.97 Å². The van der Waals surface area contributed by atoms with Gasteiger partial charge in [0.2, 0.25) is 0 Å². The fourth-order valence-corrected chi connectivity index (χ4v) is 1.43. The molecule has 1 heterocycles. The van der Waals surface area contributed by atoms with Crippen LogP contribution in [0.2, 0.25) is 0 Å². The summed E-state index contributed by atoms with van der Waals surface area (Å²) in [5.74, 6) is -0.252. The standard InChI is InChI=1S/C10H6FIN2/c11-9-4-2-1-3-8(9)7-5-13-10(12)14-6-7/h1-6H. The average Bonchev–Trinajstić information content (AvgIpc) is 2.20. The minimum atomic E-state index is -0.252. The molecule has 0 aliphatic heterocycles. The quantitative estimate of drug-likeness (QED) is 0.598. The van der Waals surface area contributed by atoms with Crippen LogP contribution >= 0.6 is 22.6 Å². The van der Waals surface area contributed by atoms with E-state index in [1.807, 2.05) is 22.6 Å². The van der Waals surface area contributed by atoms with Gasteiger partial charge in [0.15, 0.2) is 3.83 Å². The van der Waals surface area contributed by atoms with Crippen LogP contribution in [-0.4, -0.2) is 9.97 Å². The van der Waals surface area contributed by atoms with Crippen molar-refractivity contribution < 1.29 is 4.39 Å². The summed E-state index contributed by atoms with van der Waals surface area (Å²) in [7, 11) is 0. The molecule has 0 saturated carbocycles. The van der Waals surface area contributed by atoms with E-state index < -0.39 is 0 Å². The van der Waals surface area contributed by atoms with Crippen molar-refractivity contribution in [3.8, 4) is 11.1 Å². The molecule has 0 unspecified atom stereocenters. The Balaban J connectivity index is 2.50. The fraction of sp³-hybridized carbons (Fsp3) is 0. The second kappa shape index (κ2) is 4.00. The van der Waals surface area contributed by atoms with Gasteiger partial charge in [-0.25, -0.2) is 14.4 Å². The van der Waals surface area contributed by atoms with E-state index in [0.717, 1.165) is 0 Å². The summed E-state index contributed by atoms with van der Waals surface area (Å²) in [6.45, 7) is 0. The number of benzene rings is 1. The van der Waals surface area contributed by atoms with Gasteiger partial charge in [-0.15, -0.1) is 0 Å². The van der Waals surface area contributed by atoms with Crippen LogP contribution in [-0.2, 0) is 0 Å². The van der Waals surface area contributed by atoms with Crippen LogP contribution in [0.15, 0.2) is 36.7 Å². The van der Waals surface area contributed by atoms with E-state index in [4.69, 9.17) is 0 Å². The highest BCUT2D eigenvalue weighted by Crippen LogP contribution is 2.20. The van der Waals surface area contributed by atoms with E-state index >= 15 is 0 Å². The number of halogens is 2. The Labute approximate surface area is 94.4 Å². The fourth-order valence-electron chi connectivity index (χ4n) is 1.15. The minimum absolute atomic E-state index is 0.252. The van der Waals surface area contributed by atoms with E-state index in [-0.39, 0.29) is 5.82 Å². The summed E-state index contributed by atoms with van der Waals surface area (Å²) in [5.41, 5.74) is 1.23. The number of hydrogen-bond acceptors (Lipinski definition) is 2. The van der Waals surface area contributed by atoms with E-state index in [1.165, 1.54) is 6.07 Å². The second-order valence-electron chi connectivity index (χ2n) is 2.72. The van der Waals surface area contributed by atoms with Crippen LogP contribution in [0.5, 0.6) is 0 Å². The summed E-state index contributed by atoms with van der Waals surface area (Å²) in [6, 6.07) is 6.58. The molecule has 0 spiro atoms. The first-order valence-electron chi connectivity index (χ1n) is 4.00. The van der Waals surface area contributed by atoms with E-state index in [0.29, 0.717) is 15.0 Å². The third-order valence-corrected chi connectivity index (χ3v) is 2.36. The Hall–Kier alpha value is -1.04. The van der Waals surface area contributed by atoms with Gasteiger partial charge in [0.25, 0.3) is 0 Å². The van der Waals surface area contributed by atoms with Gasteiger partial charge in [0, 0.05) is 46.1 Å². The number of rotatable bonds is 1. The molecule has 0 atom stereocenters. The van der Waals surface area contributed by atoms with Crippen molar-refractivity contribution in [2.24, 2.45) is 0 Å². The molecule has 0 amide bonds. The Morgan fingerprint density at radius 2 is 1.71 bits per heavy atom. The summed E-state index contributed by atoms with van der Waals surface area (Å²) < 4.78 is 14.0. The van der Waals surface area contributed by atoms with Crippen LogP contribution < -0.4 is 0 Å². The molecule has 0 N–H and O–H groups in total. The van der Waals surface area contributed by atoms with E-state index in [9.17, 15) is 4.39 Å². The lowest BCUT2D eigenvalue weighted by Crippen LogP contribution is -1.89. The smallest absolute Gasteiger partial charge is 0.190 e. The molecule has 0 bridgehead atoms. The predicted molar refractivity (Wildman–Crippen MR) is 60.1 cm³/mol. The zero-order valence-electron chi connectivity index (χ0n) is 7.11. The highest BCUT2D eigenvalue weighted by molar-refractivity contribution is 14.1. The molecule has 0 aliphatic carbocycles. The first-order valence-corrected chi connectivity index (χ1v) is 5.08. The normalized spacial score (nSPS) is 10.1. The Bertz CT molecular complexity index is 442. The number of nitrogens with zero attached hydrogens (tertiary/aromatic N) is 2. The number of hydrogen-bond donors (Lipinski definition) is 0. The van der Waals surface area contributed by atoms with Crippen LogP contribution in [0, 0.1) is 9.65 Å². The van der Waals surface area contributed by atoms with Crippen molar-refractivity contribution in [2.45, 2.75) is 0 Å². The van der Waals surface area contributed by atoms with Gasteiger partial charge in [0.05, 0.1) is 0 Å². The lowest BCUT2D eigenvalue weighted by Gasteiger charge is -2.01. The SMILES string of the molecule is Fc1ccccc1-c1cnc(I)nc1. The maximum Gasteiger partial charge on any atom is 0.190 e. The van der Waals surface area contributed by atoms with Crippen LogP contribution in [0.3, 0.4) is 0 Å². The maximum absolute atomic E-state index is 13.3. The molecular weight excluding hydrogens is 294 g/mol. The Kier molecular flexibility index (Phi) is 2.72. The monoisotopic (exact) mass is 300 g/mol. The molecule has 14 heavy (non-hydrogen) atoms. The summed E-state index contributed by atoms with van der Waals surface area (Å²) in [5, 5.41) is 0. The first kappa shape index (κ1) is 9.51. The van der Waals surface area contributed by atoms with Gasteiger partial charge in [0.1, 0.15) is 5.82 Å². The lowest BCUT2D eigenvalue weighted by atomic mass is 10.1. The molecule has 70 valence electrons. The summed E-state index contributed by atoms with van der Waals surface area (Å²) in [6.07, 6.45) is 3.24. The van der Waals surface area contributed by atoms with Crippen molar-refractivity contribution in [1.29, 1.82) is 0 Å². The van der Waals surface area contributed by atoms with Crippen molar-refractivity contribution in [1.82, 2.24) is 9.97 Å². The third kappa shape index (κ3) is 1.89. The highest BCUT2D eigenvalue weighted by Gasteiger charge is 2.03. The zero-order valence-corrected chi connectivity index (χ0v) is 9.27. The summed E-state index contributed by atoms with van der Waals surface area (Å²) in [4.78, 5) is 8.01. The molecule has 0 radical (unpaired) electrons. The predicted octanol–water partition coefficient (Wildman–Crippen LogP) is 2.89. The van der Waals surface area contributed by atoms with Crippen LogP contribution in [0.4, 0.5) is 4.39 Å². The molecule has 0 fully saturated rings. The van der Waals surface area contributed by atoms with Crippen LogP contribution in [0.1, 0.15) is 0 Å². The molecule has 1 aromatic heterocycles. The molecule has 0 saturated heterocycles. The van der Waals surface area contributed by atoms with Crippen LogP contribution in [0.25, 0.3) is 11.1 Å². The Morgan fingerprint density at radius 3 is 2.36 bits per heavy atom. The maximum atomic E-state index is 13.3. The first-order chi connectivity index (χ1) is 6.77. The van der Waals surface area contributed by atoms with Gasteiger partial charge in [-0.05, 0) is 6.07 Å². The largest absolute Gasteiger partial charge is 0.231 e. The zero-order chi connectivity index (χ0) is 9.97. The number of aromatic nitrogens is 2. The highest BCUT2D eigenvalue weighted by atomic mass is 127. The van der Waals surface area contributed by atoms with Crippen molar-refractivity contribution in [3.63, 3.8) is 0 Å². The van der Waals surface area contributed by atoms with Gasteiger partial charge < -0.3 is 0 Å². The second-order valence-corrected chi connectivity index (χ2v) is 3.69. The molecule has 4 heteroatoms. The molecule has 0 aliphatic rings. The van der Waals surface area contributed by atoms with Gasteiger partial charge in [-0.2, -0.15) is 0 Å². The molecule has 2 rings (SSSR count). The third-order valence-electron chi connectivity index (χ3n) is 1.81. The minimum Gasteiger partial charge on any atom is -0.231 e. The van der Waals surface area contributed by atoms with Gasteiger partial charge >= 0.3 is 0 Å². The topological polar surface area (TPSA) is 25.8 Å². The van der Waals surface area contributed by atoms with E-state index in [1.54, 1.807) is 30.6 Å².